The molecule has 0 atom stereocenters. The van der Waals surface area contributed by atoms with Gasteiger partial charge in [0.1, 0.15) is 11.6 Å². The van der Waals surface area contributed by atoms with Crippen LogP contribution in [-0.2, 0) is 0 Å². The summed E-state index contributed by atoms with van der Waals surface area (Å²) in [5.41, 5.74) is 5.78. The first-order valence-electron chi connectivity index (χ1n) is 7.21. The fourth-order valence-corrected chi connectivity index (χ4v) is 2.58. The lowest BCUT2D eigenvalue weighted by molar-refractivity contribution is 0.475. The topological polar surface area (TPSA) is 20.2 Å². The van der Waals surface area contributed by atoms with Gasteiger partial charge in [-0.25, -0.2) is 4.39 Å². The first-order valence-corrected chi connectivity index (χ1v) is 7.21. The highest BCUT2D eigenvalue weighted by Gasteiger charge is 2.07. The summed E-state index contributed by atoms with van der Waals surface area (Å²) in [6, 6.07) is 18.6. The van der Waals surface area contributed by atoms with E-state index in [0.717, 1.165) is 27.8 Å². The monoisotopic (exact) mass is 292 g/mol. The van der Waals surface area contributed by atoms with Crippen LogP contribution in [0.4, 0.5) is 4.39 Å². The third-order valence-electron chi connectivity index (χ3n) is 3.91. The van der Waals surface area contributed by atoms with Crippen LogP contribution in [0.15, 0.2) is 60.7 Å². The summed E-state index contributed by atoms with van der Waals surface area (Å²) in [5.74, 6) is 0.0757. The van der Waals surface area contributed by atoms with Crippen molar-refractivity contribution in [2.45, 2.75) is 13.8 Å². The summed E-state index contributed by atoms with van der Waals surface area (Å²) >= 11 is 0. The standard InChI is InChI=1S/C20H17FO/c1-13-3-4-17(12-20(13)21)19-10-7-16(11-14(19)2)15-5-8-18(22)9-6-15/h3-12,22H,1-2H3. The SMILES string of the molecule is Cc1ccc(-c2ccc(-c3ccc(O)cc3)cc2C)cc1F. The molecular formula is C20H17FO. The number of phenolic OH excluding ortho intramolecular Hbond substituents is 1. The number of rotatable bonds is 2. The molecule has 0 aliphatic rings. The van der Waals surface area contributed by atoms with Crippen LogP contribution in [0.2, 0.25) is 0 Å². The smallest absolute Gasteiger partial charge is 0.126 e. The molecule has 0 unspecified atom stereocenters. The molecule has 2 heteroatoms. The predicted molar refractivity (Wildman–Crippen MR) is 88.4 cm³/mol. The second kappa shape index (κ2) is 5.64. The molecule has 110 valence electrons. The summed E-state index contributed by atoms with van der Waals surface area (Å²) in [4.78, 5) is 0. The van der Waals surface area contributed by atoms with E-state index >= 15 is 0 Å². The fourth-order valence-electron chi connectivity index (χ4n) is 2.58. The zero-order valence-electron chi connectivity index (χ0n) is 12.6. The largest absolute Gasteiger partial charge is 0.508 e. The Morgan fingerprint density at radius 1 is 0.682 bits per heavy atom. The fraction of sp³-hybridized carbons (Fsp3) is 0.100. The minimum Gasteiger partial charge on any atom is -0.508 e. The maximum atomic E-state index is 13.8. The molecule has 0 spiro atoms. The molecule has 0 heterocycles. The Bertz CT molecular complexity index is 820. The molecule has 1 nitrogen and oxygen atoms in total. The van der Waals surface area contributed by atoms with Gasteiger partial charge in [0.05, 0.1) is 0 Å². The lowest BCUT2D eigenvalue weighted by Gasteiger charge is -2.10. The molecular weight excluding hydrogens is 275 g/mol. The minimum absolute atomic E-state index is 0.181. The van der Waals surface area contributed by atoms with Crippen molar-refractivity contribution in [2.75, 3.05) is 0 Å². The van der Waals surface area contributed by atoms with Gasteiger partial charge in [-0.3, -0.25) is 0 Å². The van der Waals surface area contributed by atoms with Crippen molar-refractivity contribution in [1.29, 1.82) is 0 Å². The molecule has 0 fully saturated rings. The Morgan fingerprint density at radius 2 is 1.32 bits per heavy atom. The van der Waals surface area contributed by atoms with E-state index in [2.05, 4.69) is 6.07 Å². The van der Waals surface area contributed by atoms with Gasteiger partial charge in [0, 0.05) is 0 Å². The van der Waals surface area contributed by atoms with Crippen LogP contribution >= 0.6 is 0 Å². The van der Waals surface area contributed by atoms with E-state index in [9.17, 15) is 9.50 Å². The number of benzene rings is 3. The van der Waals surface area contributed by atoms with Gasteiger partial charge in [-0.2, -0.15) is 0 Å². The number of hydrogen-bond donors (Lipinski definition) is 1. The Kier molecular flexibility index (Phi) is 3.68. The number of aryl methyl sites for hydroxylation is 2. The Hall–Kier alpha value is -2.61. The van der Waals surface area contributed by atoms with Gasteiger partial charge in [0.25, 0.3) is 0 Å². The van der Waals surface area contributed by atoms with Crippen molar-refractivity contribution in [3.8, 4) is 28.0 Å². The first-order chi connectivity index (χ1) is 10.5. The average molecular weight is 292 g/mol. The van der Waals surface area contributed by atoms with Gasteiger partial charge in [-0.1, -0.05) is 42.5 Å². The third kappa shape index (κ3) is 2.73. The Balaban J connectivity index is 2.01. The van der Waals surface area contributed by atoms with Crippen molar-refractivity contribution < 1.29 is 9.50 Å². The Labute approximate surface area is 129 Å². The average Bonchev–Trinajstić information content (AvgIpc) is 2.51. The molecule has 0 aliphatic carbocycles. The van der Waals surface area contributed by atoms with Gasteiger partial charge in [-0.05, 0) is 65.4 Å². The van der Waals surface area contributed by atoms with Crippen molar-refractivity contribution in [3.63, 3.8) is 0 Å². The Morgan fingerprint density at radius 3 is 1.95 bits per heavy atom. The normalized spacial score (nSPS) is 10.7. The van der Waals surface area contributed by atoms with Crippen LogP contribution in [0, 0.1) is 19.7 Å². The molecule has 22 heavy (non-hydrogen) atoms. The molecule has 0 amide bonds. The summed E-state index contributed by atoms with van der Waals surface area (Å²) in [5, 5.41) is 9.36. The van der Waals surface area contributed by atoms with Gasteiger partial charge >= 0.3 is 0 Å². The molecule has 1 N–H and O–H groups in total. The van der Waals surface area contributed by atoms with Gasteiger partial charge in [0.2, 0.25) is 0 Å². The van der Waals surface area contributed by atoms with E-state index in [0.29, 0.717) is 5.56 Å². The number of phenols is 1. The van der Waals surface area contributed by atoms with Gasteiger partial charge < -0.3 is 5.11 Å². The van der Waals surface area contributed by atoms with Crippen LogP contribution < -0.4 is 0 Å². The van der Waals surface area contributed by atoms with Crippen molar-refractivity contribution in [2.24, 2.45) is 0 Å². The van der Waals surface area contributed by atoms with Crippen LogP contribution in [-0.4, -0.2) is 5.11 Å². The van der Waals surface area contributed by atoms with E-state index in [1.165, 1.54) is 0 Å². The van der Waals surface area contributed by atoms with Crippen molar-refractivity contribution in [3.05, 3.63) is 77.6 Å². The van der Waals surface area contributed by atoms with Gasteiger partial charge in [0.15, 0.2) is 0 Å². The highest BCUT2D eigenvalue weighted by atomic mass is 19.1. The van der Waals surface area contributed by atoms with Crippen molar-refractivity contribution in [1.82, 2.24) is 0 Å². The molecule has 0 bridgehead atoms. The zero-order valence-corrected chi connectivity index (χ0v) is 12.6. The van der Waals surface area contributed by atoms with Crippen LogP contribution in [0.5, 0.6) is 5.75 Å². The third-order valence-corrected chi connectivity index (χ3v) is 3.91. The summed E-state index contributed by atoms with van der Waals surface area (Å²) in [7, 11) is 0. The molecule has 0 radical (unpaired) electrons. The highest BCUT2D eigenvalue weighted by molar-refractivity contribution is 5.73. The lowest BCUT2D eigenvalue weighted by Crippen LogP contribution is -1.88. The van der Waals surface area contributed by atoms with Crippen molar-refractivity contribution >= 4 is 0 Å². The van der Waals surface area contributed by atoms with E-state index in [1.54, 1.807) is 31.2 Å². The summed E-state index contributed by atoms with van der Waals surface area (Å²) in [6.07, 6.45) is 0. The summed E-state index contributed by atoms with van der Waals surface area (Å²) < 4.78 is 13.8. The molecule has 0 aromatic heterocycles. The van der Waals surface area contributed by atoms with E-state index in [-0.39, 0.29) is 11.6 Å². The maximum absolute atomic E-state index is 13.8. The number of hydrogen-bond acceptors (Lipinski definition) is 1. The van der Waals surface area contributed by atoms with Crippen LogP contribution in [0.1, 0.15) is 11.1 Å². The molecule has 0 saturated carbocycles. The summed E-state index contributed by atoms with van der Waals surface area (Å²) in [6.45, 7) is 3.79. The van der Waals surface area contributed by atoms with Crippen LogP contribution in [0.3, 0.4) is 0 Å². The molecule has 3 aromatic rings. The maximum Gasteiger partial charge on any atom is 0.126 e. The minimum atomic E-state index is -0.181. The molecule has 0 aliphatic heterocycles. The van der Waals surface area contributed by atoms with Gasteiger partial charge in [-0.15, -0.1) is 0 Å². The lowest BCUT2D eigenvalue weighted by atomic mass is 9.95. The second-order valence-corrected chi connectivity index (χ2v) is 5.54. The molecule has 0 saturated heterocycles. The number of aromatic hydroxyl groups is 1. The number of halogens is 1. The first kappa shape index (κ1) is 14.3. The van der Waals surface area contributed by atoms with E-state index in [1.807, 2.05) is 37.3 Å². The molecule has 3 aromatic carbocycles. The van der Waals surface area contributed by atoms with E-state index < -0.39 is 0 Å². The predicted octanol–water partition coefficient (Wildman–Crippen LogP) is 5.48. The molecule has 3 rings (SSSR count). The quantitative estimate of drug-likeness (QED) is 0.663. The van der Waals surface area contributed by atoms with E-state index in [4.69, 9.17) is 0 Å². The highest BCUT2D eigenvalue weighted by Crippen LogP contribution is 2.30. The second-order valence-electron chi connectivity index (χ2n) is 5.54. The zero-order chi connectivity index (χ0) is 15.7. The van der Waals surface area contributed by atoms with Crippen LogP contribution in [0.25, 0.3) is 22.3 Å².